The van der Waals surface area contributed by atoms with Gasteiger partial charge in [-0.1, -0.05) is 6.92 Å². The number of morpholine rings is 1. The van der Waals surface area contributed by atoms with Gasteiger partial charge in [-0.05, 0) is 18.6 Å². The van der Waals surface area contributed by atoms with Crippen LogP contribution in [-0.4, -0.2) is 40.5 Å². The normalized spacial score (nSPS) is 16.2. The van der Waals surface area contributed by atoms with E-state index in [1.807, 2.05) is 4.90 Å². The molecule has 0 radical (unpaired) electrons. The van der Waals surface area contributed by atoms with Gasteiger partial charge in [0, 0.05) is 19.2 Å². The maximum absolute atomic E-state index is 13.4. The highest BCUT2D eigenvalue weighted by molar-refractivity contribution is 7.92. The van der Waals surface area contributed by atoms with E-state index in [1.165, 1.54) is 12.1 Å². The molecule has 0 spiro atoms. The highest BCUT2D eigenvalue weighted by atomic mass is 32.2. The third kappa shape index (κ3) is 3.83. The fraction of sp³-hybridized carbons (Fsp3) is 0.538. The number of hydrogen-bond acceptors (Lipinski definition) is 4. The fourth-order valence-electron chi connectivity index (χ4n) is 2.16. The zero-order valence-electron chi connectivity index (χ0n) is 11.4. The van der Waals surface area contributed by atoms with Crippen LogP contribution in [0.1, 0.15) is 13.3 Å². The number of halogens is 1. The average Bonchev–Trinajstić information content (AvgIpc) is 2.39. The molecule has 7 heteroatoms. The Balaban J connectivity index is 2.28. The van der Waals surface area contributed by atoms with Crippen LogP contribution >= 0.6 is 0 Å². The van der Waals surface area contributed by atoms with Gasteiger partial charge < -0.3 is 9.64 Å². The maximum atomic E-state index is 13.4. The predicted octanol–water partition coefficient (Wildman–Crippen LogP) is 1.81. The minimum atomic E-state index is -3.44. The Morgan fingerprint density at radius 2 is 2.05 bits per heavy atom. The number of nitrogens with one attached hydrogen (secondary N) is 1. The van der Waals surface area contributed by atoms with E-state index in [9.17, 15) is 12.8 Å². The van der Waals surface area contributed by atoms with E-state index >= 15 is 0 Å². The molecule has 1 fully saturated rings. The van der Waals surface area contributed by atoms with E-state index in [-0.39, 0.29) is 5.75 Å². The van der Waals surface area contributed by atoms with Gasteiger partial charge in [-0.15, -0.1) is 0 Å². The molecule has 1 heterocycles. The Labute approximate surface area is 118 Å². The summed E-state index contributed by atoms with van der Waals surface area (Å²) < 4.78 is 44.9. The molecular weight excluding hydrogens is 283 g/mol. The lowest BCUT2D eigenvalue weighted by atomic mass is 10.2. The van der Waals surface area contributed by atoms with E-state index in [2.05, 4.69) is 4.72 Å². The van der Waals surface area contributed by atoms with Gasteiger partial charge >= 0.3 is 0 Å². The van der Waals surface area contributed by atoms with Gasteiger partial charge in [0.25, 0.3) is 0 Å². The van der Waals surface area contributed by atoms with Crippen LogP contribution in [0.3, 0.4) is 0 Å². The number of nitrogens with zero attached hydrogens (tertiary/aromatic N) is 1. The van der Waals surface area contributed by atoms with Crippen LogP contribution in [0, 0.1) is 5.82 Å². The van der Waals surface area contributed by atoms with Crippen molar-refractivity contribution in [2.24, 2.45) is 0 Å². The lowest BCUT2D eigenvalue weighted by Gasteiger charge is -2.30. The van der Waals surface area contributed by atoms with Crippen LogP contribution in [0.15, 0.2) is 18.2 Å². The fourth-order valence-corrected chi connectivity index (χ4v) is 3.30. The molecule has 0 bridgehead atoms. The lowest BCUT2D eigenvalue weighted by molar-refractivity contribution is 0.123. The van der Waals surface area contributed by atoms with Gasteiger partial charge in [-0.2, -0.15) is 0 Å². The van der Waals surface area contributed by atoms with Gasteiger partial charge in [-0.25, -0.2) is 12.8 Å². The van der Waals surface area contributed by atoms with Crippen molar-refractivity contribution in [2.75, 3.05) is 41.7 Å². The van der Waals surface area contributed by atoms with Crippen LogP contribution < -0.4 is 9.62 Å². The van der Waals surface area contributed by atoms with Crippen molar-refractivity contribution in [1.29, 1.82) is 0 Å². The van der Waals surface area contributed by atoms with E-state index in [1.54, 1.807) is 13.0 Å². The highest BCUT2D eigenvalue weighted by Gasteiger charge is 2.18. The molecule has 5 nitrogen and oxygen atoms in total. The first-order valence-corrected chi connectivity index (χ1v) is 8.30. The Morgan fingerprint density at radius 1 is 1.35 bits per heavy atom. The predicted molar refractivity (Wildman–Crippen MR) is 77.1 cm³/mol. The summed E-state index contributed by atoms with van der Waals surface area (Å²) in [7, 11) is -3.44. The molecule has 20 heavy (non-hydrogen) atoms. The summed E-state index contributed by atoms with van der Waals surface area (Å²) in [5.74, 6) is -0.442. The van der Waals surface area contributed by atoms with Crippen molar-refractivity contribution in [3.8, 4) is 0 Å². The Morgan fingerprint density at radius 3 is 2.70 bits per heavy atom. The van der Waals surface area contributed by atoms with Crippen LogP contribution in [0.25, 0.3) is 0 Å². The molecule has 0 amide bonds. The summed E-state index contributed by atoms with van der Waals surface area (Å²) in [6.07, 6.45) is 0.511. The van der Waals surface area contributed by atoms with E-state index in [0.717, 1.165) is 0 Å². The van der Waals surface area contributed by atoms with Crippen LogP contribution in [0.2, 0.25) is 0 Å². The Kier molecular flexibility index (Phi) is 4.82. The van der Waals surface area contributed by atoms with Gasteiger partial charge in [0.15, 0.2) is 0 Å². The number of ether oxygens (including phenoxy) is 1. The molecule has 2 rings (SSSR count). The van der Waals surface area contributed by atoms with Crippen LogP contribution in [0.4, 0.5) is 15.8 Å². The first kappa shape index (κ1) is 15.1. The molecule has 0 unspecified atom stereocenters. The first-order valence-electron chi connectivity index (χ1n) is 6.64. The van der Waals surface area contributed by atoms with E-state index in [4.69, 9.17) is 4.74 Å². The van der Waals surface area contributed by atoms with Crippen molar-refractivity contribution in [3.63, 3.8) is 0 Å². The first-order chi connectivity index (χ1) is 9.52. The number of sulfonamides is 1. The van der Waals surface area contributed by atoms with Crippen molar-refractivity contribution in [3.05, 3.63) is 24.0 Å². The van der Waals surface area contributed by atoms with Crippen LogP contribution in [0.5, 0.6) is 0 Å². The molecule has 1 aliphatic heterocycles. The number of rotatable bonds is 5. The maximum Gasteiger partial charge on any atom is 0.232 e. The third-order valence-corrected chi connectivity index (χ3v) is 4.53. The summed E-state index contributed by atoms with van der Waals surface area (Å²) in [6, 6.07) is 4.16. The Bertz CT molecular complexity index is 557. The summed E-state index contributed by atoms with van der Waals surface area (Å²) >= 11 is 0. The molecular formula is C13H19FN2O3S. The highest BCUT2D eigenvalue weighted by Crippen LogP contribution is 2.28. The molecule has 1 N–H and O–H groups in total. The van der Waals surface area contributed by atoms with Gasteiger partial charge in [0.2, 0.25) is 10.0 Å². The largest absolute Gasteiger partial charge is 0.378 e. The summed E-state index contributed by atoms with van der Waals surface area (Å²) in [5, 5.41) is 0. The molecule has 0 atom stereocenters. The quantitative estimate of drug-likeness (QED) is 0.901. The average molecular weight is 302 g/mol. The summed E-state index contributed by atoms with van der Waals surface area (Å²) in [5.41, 5.74) is 0.981. The van der Waals surface area contributed by atoms with Crippen molar-refractivity contribution < 1.29 is 17.5 Å². The minimum absolute atomic E-state index is 0.0199. The molecule has 1 aromatic rings. The van der Waals surface area contributed by atoms with E-state index in [0.29, 0.717) is 44.1 Å². The van der Waals surface area contributed by atoms with Gasteiger partial charge in [0.1, 0.15) is 5.82 Å². The molecule has 0 saturated carbocycles. The smallest absolute Gasteiger partial charge is 0.232 e. The zero-order chi connectivity index (χ0) is 14.6. The number of anilines is 2. The molecule has 0 aromatic heterocycles. The van der Waals surface area contributed by atoms with Crippen LogP contribution in [-0.2, 0) is 14.8 Å². The summed E-state index contributed by atoms with van der Waals surface area (Å²) in [6.45, 7) is 4.27. The second kappa shape index (κ2) is 6.41. The minimum Gasteiger partial charge on any atom is -0.378 e. The SMILES string of the molecule is CCCS(=O)(=O)Nc1cc(F)ccc1N1CCOCC1. The monoisotopic (exact) mass is 302 g/mol. The Hall–Kier alpha value is -1.34. The summed E-state index contributed by atoms with van der Waals surface area (Å²) in [4.78, 5) is 1.99. The van der Waals surface area contributed by atoms with Crippen molar-refractivity contribution in [1.82, 2.24) is 0 Å². The number of benzene rings is 1. The zero-order valence-corrected chi connectivity index (χ0v) is 12.2. The topological polar surface area (TPSA) is 58.6 Å². The second-order valence-electron chi connectivity index (χ2n) is 4.68. The van der Waals surface area contributed by atoms with Crippen molar-refractivity contribution >= 4 is 21.4 Å². The van der Waals surface area contributed by atoms with Gasteiger partial charge in [0.05, 0.1) is 30.3 Å². The third-order valence-electron chi connectivity index (χ3n) is 3.05. The van der Waals surface area contributed by atoms with Gasteiger partial charge in [-0.3, -0.25) is 4.72 Å². The lowest BCUT2D eigenvalue weighted by Crippen LogP contribution is -2.36. The molecule has 1 saturated heterocycles. The molecule has 0 aliphatic carbocycles. The van der Waals surface area contributed by atoms with Crippen molar-refractivity contribution in [2.45, 2.75) is 13.3 Å². The second-order valence-corrected chi connectivity index (χ2v) is 6.52. The molecule has 112 valence electrons. The number of hydrogen-bond donors (Lipinski definition) is 1. The molecule has 1 aromatic carbocycles. The van der Waals surface area contributed by atoms with E-state index < -0.39 is 15.8 Å². The standard InChI is InChI=1S/C13H19FN2O3S/c1-2-9-20(17,18)15-12-10-11(14)3-4-13(12)16-5-7-19-8-6-16/h3-4,10,15H,2,5-9H2,1H3. The molecule has 1 aliphatic rings.